The zero-order chi connectivity index (χ0) is 10.7. The molecule has 1 aromatic carbocycles. The maximum Gasteiger partial charge on any atom is 0.148 e. The first-order valence-corrected chi connectivity index (χ1v) is 4.30. The lowest BCUT2D eigenvalue weighted by atomic mass is 10.3. The van der Waals surface area contributed by atoms with Gasteiger partial charge in [-0.15, -0.1) is 5.10 Å². The van der Waals surface area contributed by atoms with Crippen LogP contribution in [0.5, 0.6) is 11.5 Å². The van der Waals surface area contributed by atoms with Crippen molar-refractivity contribution in [2.45, 2.75) is 0 Å². The van der Waals surface area contributed by atoms with Crippen LogP contribution in [0.25, 0.3) is 5.69 Å². The Labute approximate surface area is 86.4 Å². The zero-order valence-corrected chi connectivity index (χ0v) is 8.41. The van der Waals surface area contributed by atoms with Gasteiger partial charge in [0.1, 0.15) is 23.5 Å². The van der Waals surface area contributed by atoms with Crippen molar-refractivity contribution in [1.29, 1.82) is 0 Å². The summed E-state index contributed by atoms with van der Waals surface area (Å²) in [5.74, 6) is 1.38. The number of rotatable bonds is 3. The maximum absolute atomic E-state index is 5.22. The zero-order valence-electron chi connectivity index (χ0n) is 8.41. The van der Waals surface area contributed by atoms with Gasteiger partial charge < -0.3 is 9.47 Å². The Bertz CT molecular complexity index is 441. The summed E-state index contributed by atoms with van der Waals surface area (Å²) in [6, 6.07) is 5.42. The van der Waals surface area contributed by atoms with Crippen LogP contribution in [0.2, 0.25) is 0 Å². The molecule has 0 amide bonds. The van der Waals surface area contributed by atoms with Crippen LogP contribution in [0.1, 0.15) is 0 Å². The molecule has 0 unspecified atom stereocenters. The molecule has 0 saturated carbocycles. The van der Waals surface area contributed by atoms with Crippen LogP contribution in [0, 0.1) is 0 Å². The fourth-order valence-corrected chi connectivity index (χ4v) is 1.25. The van der Waals surface area contributed by atoms with Gasteiger partial charge in [0.25, 0.3) is 0 Å². The fraction of sp³-hybridized carbons (Fsp3) is 0.222. The van der Waals surface area contributed by atoms with E-state index in [2.05, 4.69) is 15.5 Å². The smallest absolute Gasteiger partial charge is 0.148 e. The van der Waals surface area contributed by atoms with E-state index in [-0.39, 0.29) is 0 Å². The molecule has 1 heterocycles. The number of methoxy groups -OCH3 is 2. The minimum atomic E-state index is 0.654. The van der Waals surface area contributed by atoms with E-state index in [1.807, 2.05) is 12.1 Å². The molecule has 1 aromatic heterocycles. The first-order chi connectivity index (χ1) is 7.35. The fourth-order valence-electron chi connectivity index (χ4n) is 1.25. The van der Waals surface area contributed by atoms with Gasteiger partial charge in [0, 0.05) is 6.07 Å². The van der Waals surface area contributed by atoms with Crippen LogP contribution in [-0.4, -0.2) is 34.4 Å². The molecule has 0 spiro atoms. The highest BCUT2D eigenvalue weighted by atomic mass is 16.5. The third-order valence-electron chi connectivity index (χ3n) is 1.98. The summed E-state index contributed by atoms with van der Waals surface area (Å²) in [4.78, 5) is 0. The number of tetrazole rings is 1. The molecule has 6 heteroatoms. The Morgan fingerprint density at radius 1 is 1.20 bits per heavy atom. The highest BCUT2D eigenvalue weighted by molar-refractivity contribution is 5.50. The maximum atomic E-state index is 5.22. The summed E-state index contributed by atoms with van der Waals surface area (Å²) in [5.41, 5.74) is 0.767. The Hall–Kier alpha value is -2.11. The first-order valence-electron chi connectivity index (χ1n) is 4.30. The van der Waals surface area contributed by atoms with Crippen molar-refractivity contribution < 1.29 is 9.47 Å². The summed E-state index contributed by atoms with van der Waals surface area (Å²) in [5, 5.41) is 10.9. The molecule has 0 bridgehead atoms. The molecule has 2 rings (SSSR count). The Morgan fingerprint density at radius 3 is 2.67 bits per heavy atom. The summed E-state index contributed by atoms with van der Waals surface area (Å²) in [6.45, 7) is 0. The van der Waals surface area contributed by atoms with Crippen LogP contribution in [0.3, 0.4) is 0 Å². The van der Waals surface area contributed by atoms with E-state index in [0.717, 1.165) is 11.4 Å². The second kappa shape index (κ2) is 3.95. The molecule has 0 saturated heterocycles. The second-order valence-electron chi connectivity index (χ2n) is 2.79. The molecule has 0 aliphatic rings. The van der Waals surface area contributed by atoms with Gasteiger partial charge in [0.2, 0.25) is 0 Å². The lowest BCUT2D eigenvalue weighted by Crippen LogP contribution is -1.99. The van der Waals surface area contributed by atoms with Crippen LogP contribution >= 0.6 is 0 Å². The van der Waals surface area contributed by atoms with Gasteiger partial charge in [-0.1, -0.05) is 0 Å². The van der Waals surface area contributed by atoms with Gasteiger partial charge >= 0.3 is 0 Å². The summed E-state index contributed by atoms with van der Waals surface area (Å²) >= 11 is 0. The first kappa shape index (κ1) is 9.45. The van der Waals surface area contributed by atoms with Gasteiger partial charge in [-0.2, -0.15) is 4.68 Å². The molecule has 0 aliphatic carbocycles. The van der Waals surface area contributed by atoms with Crippen molar-refractivity contribution in [2.24, 2.45) is 0 Å². The Balaban J connectivity index is 2.48. The van der Waals surface area contributed by atoms with Gasteiger partial charge in [0.15, 0.2) is 0 Å². The van der Waals surface area contributed by atoms with E-state index in [4.69, 9.17) is 9.47 Å². The molecule has 2 aromatic rings. The summed E-state index contributed by atoms with van der Waals surface area (Å²) < 4.78 is 11.8. The second-order valence-corrected chi connectivity index (χ2v) is 2.79. The number of ether oxygens (including phenoxy) is 2. The third-order valence-corrected chi connectivity index (χ3v) is 1.98. The van der Waals surface area contributed by atoms with Crippen LogP contribution in [0.4, 0.5) is 0 Å². The van der Waals surface area contributed by atoms with Crippen molar-refractivity contribution in [3.05, 3.63) is 24.5 Å². The number of hydrogen-bond acceptors (Lipinski definition) is 5. The third kappa shape index (κ3) is 1.74. The molecule has 0 radical (unpaired) electrons. The van der Waals surface area contributed by atoms with Gasteiger partial charge in [-0.3, -0.25) is 0 Å². The molecule has 0 fully saturated rings. The van der Waals surface area contributed by atoms with Crippen LogP contribution < -0.4 is 9.47 Å². The molecule has 0 atom stereocenters. The van der Waals surface area contributed by atoms with Crippen molar-refractivity contribution >= 4 is 0 Å². The molecule has 6 nitrogen and oxygen atoms in total. The summed E-state index contributed by atoms with van der Waals surface area (Å²) in [6.07, 6.45) is 1.50. The van der Waals surface area contributed by atoms with E-state index in [1.54, 1.807) is 20.3 Å². The molecule has 78 valence electrons. The van der Waals surface area contributed by atoms with E-state index in [1.165, 1.54) is 11.0 Å². The van der Waals surface area contributed by atoms with Crippen LogP contribution in [-0.2, 0) is 0 Å². The van der Waals surface area contributed by atoms with Crippen molar-refractivity contribution in [2.75, 3.05) is 14.2 Å². The highest BCUT2D eigenvalue weighted by Gasteiger charge is 2.07. The molecule has 0 aliphatic heterocycles. The van der Waals surface area contributed by atoms with E-state index < -0.39 is 0 Å². The SMILES string of the molecule is COc1ccc(-n2cnnn2)c(OC)c1. The summed E-state index contributed by atoms with van der Waals surface area (Å²) in [7, 11) is 3.19. The number of benzene rings is 1. The Kier molecular flexibility index (Phi) is 2.49. The van der Waals surface area contributed by atoms with Crippen molar-refractivity contribution in [3.8, 4) is 17.2 Å². The topological polar surface area (TPSA) is 62.1 Å². The van der Waals surface area contributed by atoms with Crippen LogP contribution in [0.15, 0.2) is 24.5 Å². The highest BCUT2D eigenvalue weighted by Crippen LogP contribution is 2.26. The number of aromatic nitrogens is 4. The number of hydrogen-bond donors (Lipinski definition) is 0. The average Bonchev–Trinajstić information content (AvgIpc) is 2.81. The van der Waals surface area contributed by atoms with E-state index in [0.29, 0.717) is 5.75 Å². The van der Waals surface area contributed by atoms with Gasteiger partial charge in [-0.05, 0) is 22.6 Å². The van der Waals surface area contributed by atoms with Gasteiger partial charge in [0.05, 0.1) is 14.2 Å². The Morgan fingerprint density at radius 2 is 2.07 bits per heavy atom. The number of nitrogens with zero attached hydrogens (tertiary/aromatic N) is 4. The van der Waals surface area contributed by atoms with Gasteiger partial charge in [-0.25, -0.2) is 0 Å². The lowest BCUT2D eigenvalue weighted by Gasteiger charge is -2.08. The predicted octanol–water partition coefficient (Wildman–Crippen LogP) is 0.679. The molecule has 15 heavy (non-hydrogen) atoms. The normalized spacial score (nSPS) is 10.0. The predicted molar refractivity (Wildman–Crippen MR) is 52.3 cm³/mol. The largest absolute Gasteiger partial charge is 0.497 e. The average molecular weight is 206 g/mol. The minimum absolute atomic E-state index is 0.654. The lowest BCUT2D eigenvalue weighted by molar-refractivity contribution is 0.392. The molecular formula is C9H10N4O2. The quantitative estimate of drug-likeness (QED) is 0.739. The standard InChI is InChI=1S/C9H10N4O2/c1-14-7-3-4-8(9(5-7)15-2)13-6-10-11-12-13/h3-6H,1-2H3. The van der Waals surface area contributed by atoms with Crippen molar-refractivity contribution in [1.82, 2.24) is 20.2 Å². The van der Waals surface area contributed by atoms with Crippen molar-refractivity contribution in [3.63, 3.8) is 0 Å². The van der Waals surface area contributed by atoms with E-state index >= 15 is 0 Å². The molecular weight excluding hydrogens is 196 g/mol. The molecule has 0 N–H and O–H groups in total. The van der Waals surface area contributed by atoms with E-state index in [9.17, 15) is 0 Å². The minimum Gasteiger partial charge on any atom is -0.497 e. The monoisotopic (exact) mass is 206 g/mol.